The van der Waals surface area contributed by atoms with E-state index in [1.54, 1.807) is 24.3 Å². The number of nitrogens with one attached hydrogen (secondary N) is 3. The first kappa shape index (κ1) is 15.3. The van der Waals surface area contributed by atoms with Crippen molar-refractivity contribution in [3.8, 4) is 0 Å². The third-order valence-corrected chi connectivity index (χ3v) is 3.64. The van der Waals surface area contributed by atoms with Crippen molar-refractivity contribution in [3.05, 3.63) is 35.9 Å². The van der Waals surface area contributed by atoms with Gasteiger partial charge in [0.15, 0.2) is 0 Å². The minimum Gasteiger partial charge on any atom is -0.481 e. The molecule has 0 aliphatic carbocycles. The maximum absolute atomic E-state index is 11.8. The molecule has 1 heterocycles. The second-order valence-electron chi connectivity index (χ2n) is 5.18. The summed E-state index contributed by atoms with van der Waals surface area (Å²) in [7, 11) is 0. The lowest BCUT2D eigenvalue weighted by Gasteiger charge is -2.24. The summed E-state index contributed by atoms with van der Waals surface area (Å²) in [6, 6.07) is 8.78. The van der Waals surface area contributed by atoms with Crippen LogP contribution in [0.4, 0.5) is 4.79 Å². The second kappa shape index (κ2) is 7.64. The summed E-state index contributed by atoms with van der Waals surface area (Å²) >= 11 is 0. The van der Waals surface area contributed by atoms with Gasteiger partial charge in [0, 0.05) is 12.6 Å². The smallest absolute Gasteiger partial charge is 0.315 e. The number of amides is 2. The quantitative estimate of drug-likeness (QED) is 0.649. The van der Waals surface area contributed by atoms with Crippen molar-refractivity contribution < 1.29 is 14.7 Å². The fraction of sp³-hybridized carbons (Fsp3) is 0.467. The highest BCUT2D eigenvalue weighted by molar-refractivity contribution is 5.79. The first-order chi connectivity index (χ1) is 10.2. The number of carbonyl (C=O) groups is 2. The molecule has 6 nitrogen and oxygen atoms in total. The topological polar surface area (TPSA) is 90.5 Å². The zero-order valence-corrected chi connectivity index (χ0v) is 11.8. The van der Waals surface area contributed by atoms with E-state index in [0.717, 1.165) is 25.9 Å². The second-order valence-corrected chi connectivity index (χ2v) is 5.18. The van der Waals surface area contributed by atoms with Crippen LogP contribution in [0.2, 0.25) is 0 Å². The van der Waals surface area contributed by atoms with Gasteiger partial charge in [-0.05, 0) is 31.5 Å². The zero-order valence-electron chi connectivity index (χ0n) is 11.8. The maximum atomic E-state index is 11.8. The molecule has 2 rings (SSSR count). The monoisotopic (exact) mass is 291 g/mol. The normalized spacial score (nSPS) is 17.0. The van der Waals surface area contributed by atoms with Crippen molar-refractivity contribution >= 4 is 12.0 Å². The van der Waals surface area contributed by atoms with Gasteiger partial charge in [-0.2, -0.15) is 0 Å². The molecular formula is C15H21N3O3. The van der Waals surface area contributed by atoms with Gasteiger partial charge in [0.05, 0.1) is 5.92 Å². The van der Waals surface area contributed by atoms with E-state index in [2.05, 4.69) is 16.0 Å². The van der Waals surface area contributed by atoms with Crippen molar-refractivity contribution in [1.82, 2.24) is 16.0 Å². The molecule has 0 saturated carbocycles. The molecule has 1 aliphatic heterocycles. The van der Waals surface area contributed by atoms with Crippen LogP contribution in [0.5, 0.6) is 0 Å². The van der Waals surface area contributed by atoms with E-state index in [0.29, 0.717) is 5.56 Å². The van der Waals surface area contributed by atoms with Crippen LogP contribution in [0.25, 0.3) is 0 Å². The van der Waals surface area contributed by atoms with Crippen LogP contribution >= 0.6 is 0 Å². The van der Waals surface area contributed by atoms with E-state index in [4.69, 9.17) is 0 Å². The Hall–Kier alpha value is -2.08. The summed E-state index contributed by atoms with van der Waals surface area (Å²) < 4.78 is 0. The zero-order chi connectivity index (χ0) is 15.1. The molecule has 1 atom stereocenters. The molecule has 0 aromatic heterocycles. The molecule has 2 amide bonds. The van der Waals surface area contributed by atoms with Crippen LogP contribution in [0.3, 0.4) is 0 Å². The van der Waals surface area contributed by atoms with E-state index in [-0.39, 0.29) is 18.6 Å². The average molecular weight is 291 g/mol. The van der Waals surface area contributed by atoms with Crippen LogP contribution in [-0.2, 0) is 4.79 Å². The Morgan fingerprint density at radius 1 is 1.24 bits per heavy atom. The summed E-state index contributed by atoms with van der Waals surface area (Å²) in [5, 5.41) is 18.0. The third-order valence-electron chi connectivity index (χ3n) is 3.64. The number of hydrogen-bond acceptors (Lipinski definition) is 3. The summed E-state index contributed by atoms with van der Waals surface area (Å²) in [5.41, 5.74) is 0.687. The molecule has 0 radical (unpaired) electrons. The lowest BCUT2D eigenvalue weighted by Crippen LogP contribution is -2.47. The molecule has 21 heavy (non-hydrogen) atoms. The first-order valence-electron chi connectivity index (χ1n) is 7.19. The minimum absolute atomic E-state index is 0.0795. The largest absolute Gasteiger partial charge is 0.481 e. The highest BCUT2D eigenvalue weighted by Crippen LogP contribution is 2.14. The van der Waals surface area contributed by atoms with Crippen LogP contribution in [0.15, 0.2) is 30.3 Å². The first-order valence-corrected chi connectivity index (χ1v) is 7.19. The number of carboxylic acids is 1. The average Bonchev–Trinajstić information content (AvgIpc) is 2.49. The van der Waals surface area contributed by atoms with Crippen LogP contribution < -0.4 is 16.0 Å². The third kappa shape index (κ3) is 4.75. The molecule has 1 unspecified atom stereocenters. The van der Waals surface area contributed by atoms with Gasteiger partial charge in [-0.1, -0.05) is 30.3 Å². The highest BCUT2D eigenvalue weighted by Gasteiger charge is 2.21. The predicted molar refractivity (Wildman–Crippen MR) is 79.2 cm³/mol. The van der Waals surface area contributed by atoms with Crippen molar-refractivity contribution in [3.63, 3.8) is 0 Å². The summed E-state index contributed by atoms with van der Waals surface area (Å²) in [5.74, 6) is -1.67. The predicted octanol–water partition coefficient (Wildman–Crippen LogP) is 0.906. The molecule has 1 fully saturated rings. The lowest BCUT2D eigenvalue weighted by molar-refractivity contribution is -0.138. The van der Waals surface area contributed by atoms with Gasteiger partial charge in [0.2, 0.25) is 0 Å². The van der Waals surface area contributed by atoms with E-state index in [9.17, 15) is 14.7 Å². The standard InChI is InChI=1S/C15H21N3O3/c19-14(20)13(11-4-2-1-3-5-11)10-17-15(21)18-12-6-8-16-9-7-12/h1-5,12-13,16H,6-10H2,(H,19,20)(H2,17,18,21). The Labute approximate surface area is 123 Å². The van der Waals surface area contributed by atoms with E-state index in [1.807, 2.05) is 6.07 Å². The fourth-order valence-electron chi connectivity index (χ4n) is 2.43. The van der Waals surface area contributed by atoms with Crippen LogP contribution in [-0.4, -0.2) is 42.8 Å². The Kier molecular flexibility index (Phi) is 5.57. The Bertz CT molecular complexity index is 472. The van der Waals surface area contributed by atoms with E-state index >= 15 is 0 Å². The summed E-state index contributed by atoms with van der Waals surface area (Å²) in [6.45, 7) is 1.87. The summed E-state index contributed by atoms with van der Waals surface area (Å²) in [6.07, 6.45) is 1.79. The van der Waals surface area contributed by atoms with E-state index < -0.39 is 11.9 Å². The molecule has 1 saturated heterocycles. The van der Waals surface area contributed by atoms with Gasteiger partial charge in [0.25, 0.3) is 0 Å². The lowest BCUT2D eigenvalue weighted by atomic mass is 9.99. The number of carbonyl (C=O) groups excluding carboxylic acids is 1. The summed E-state index contributed by atoms with van der Waals surface area (Å²) in [4.78, 5) is 23.2. The molecule has 0 bridgehead atoms. The Morgan fingerprint density at radius 3 is 2.52 bits per heavy atom. The number of benzene rings is 1. The number of hydrogen-bond donors (Lipinski definition) is 4. The number of rotatable bonds is 5. The molecule has 114 valence electrons. The van der Waals surface area contributed by atoms with Gasteiger partial charge in [-0.15, -0.1) is 0 Å². The number of carboxylic acid groups (broad SMARTS) is 1. The minimum atomic E-state index is -0.941. The SMILES string of the molecule is O=C(NCC(C(=O)O)c1ccccc1)NC1CCNCC1. The molecule has 4 N–H and O–H groups in total. The van der Waals surface area contributed by atoms with Gasteiger partial charge < -0.3 is 21.1 Å². The number of piperidine rings is 1. The van der Waals surface area contributed by atoms with Crippen molar-refractivity contribution in [1.29, 1.82) is 0 Å². The molecule has 1 aromatic rings. The molecule has 6 heteroatoms. The van der Waals surface area contributed by atoms with Crippen molar-refractivity contribution in [2.24, 2.45) is 0 Å². The van der Waals surface area contributed by atoms with Gasteiger partial charge in [0.1, 0.15) is 0 Å². The Morgan fingerprint density at radius 2 is 1.90 bits per heavy atom. The molecule has 0 spiro atoms. The number of aliphatic carboxylic acids is 1. The fourth-order valence-corrected chi connectivity index (χ4v) is 2.43. The van der Waals surface area contributed by atoms with Crippen LogP contribution in [0.1, 0.15) is 24.3 Å². The maximum Gasteiger partial charge on any atom is 0.315 e. The van der Waals surface area contributed by atoms with Crippen molar-refractivity contribution in [2.75, 3.05) is 19.6 Å². The van der Waals surface area contributed by atoms with Gasteiger partial charge in [-0.25, -0.2) is 4.79 Å². The molecule has 1 aromatic carbocycles. The van der Waals surface area contributed by atoms with E-state index in [1.165, 1.54) is 0 Å². The van der Waals surface area contributed by atoms with Crippen LogP contribution in [0, 0.1) is 0 Å². The van der Waals surface area contributed by atoms with Gasteiger partial charge >= 0.3 is 12.0 Å². The molecular weight excluding hydrogens is 270 g/mol. The number of urea groups is 1. The molecule has 1 aliphatic rings. The Balaban J connectivity index is 1.84. The van der Waals surface area contributed by atoms with Gasteiger partial charge in [-0.3, -0.25) is 4.79 Å². The highest BCUT2D eigenvalue weighted by atomic mass is 16.4. The van der Waals surface area contributed by atoms with Crippen molar-refractivity contribution in [2.45, 2.75) is 24.8 Å².